The topological polar surface area (TPSA) is 92.3 Å². The smallest absolute Gasteiger partial charge is 0.253 e. The molecule has 1 amide bonds. The summed E-state index contributed by atoms with van der Waals surface area (Å²) in [6.45, 7) is 1.34. The standard InChI is InChI=1S/C26H23BN6O/c27-19-7-5-17(6-8-19)26(34)32-12-9-16(10-13-32)25-31-22(23-24(28)29-11-14-33(23)25)21-15-18-3-1-2-4-20(18)30-21/h1-8,11,14-16,30H,9-10,12-13H2,(H2,28,29). The van der Waals surface area contributed by atoms with Crippen LogP contribution < -0.4 is 11.2 Å². The summed E-state index contributed by atoms with van der Waals surface area (Å²) in [6.07, 6.45) is 5.29. The molecular weight excluding hydrogens is 423 g/mol. The van der Waals surface area contributed by atoms with Gasteiger partial charge in [-0.1, -0.05) is 47.9 Å². The number of aromatic nitrogens is 4. The molecule has 8 heteroatoms. The molecular formula is C26H23BN6O. The number of nitrogens with two attached hydrogens (primary N) is 1. The monoisotopic (exact) mass is 446 g/mol. The molecule has 3 N–H and O–H groups in total. The predicted octanol–water partition coefficient (Wildman–Crippen LogP) is 3.27. The molecule has 7 nitrogen and oxygen atoms in total. The number of H-pyrrole nitrogens is 1. The van der Waals surface area contributed by atoms with Crippen LogP contribution in [-0.2, 0) is 0 Å². The first-order chi connectivity index (χ1) is 16.6. The second-order valence-corrected chi connectivity index (χ2v) is 8.81. The number of aromatic amines is 1. The van der Waals surface area contributed by atoms with Gasteiger partial charge in [-0.3, -0.25) is 9.20 Å². The van der Waals surface area contributed by atoms with Crippen molar-refractivity contribution in [2.45, 2.75) is 18.8 Å². The molecule has 1 aliphatic heterocycles. The van der Waals surface area contributed by atoms with Gasteiger partial charge in [0.2, 0.25) is 0 Å². The molecule has 2 radical (unpaired) electrons. The van der Waals surface area contributed by atoms with Crippen molar-refractivity contribution in [3.8, 4) is 11.4 Å². The summed E-state index contributed by atoms with van der Waals surface area (Å²) in [5.41, 5.74) is 11.2. The highest BCUT2D eigenvalue weighted by Crippen LogP contribution is 2.35. The summed E-state index contributed by atoms with van der Waals surface area (Å²) in [6, 6.07) is 17.4. The van der Waals surface area contributed by atoms with Crippen LogP contribution in [0.1, 0.15) is 34.9 Å². The number of para-hydroxylation sites is 1. The minimum Gasteiger partial charge on any atom is -0.382 e. The lowest BCUT2D eigenvalue weighted by Crippen LogP contribution is -2.38. The van der Waals surface area contributed by atoms with Crippen LogP contribution in [0.4, 0.5) is 5.82 Å². The third-order valence-electron chi connectivity index (χ3n) is 6.70. The Bertz CT molecular complexity index is 1480. The fourth-order valence-corrected chi connectivity index (χ4v) is 4.91. The van der Waals surface area contributed by atoms with E-state index in [1.54, 1.807) is 30.5 Å². The number of hydrogen-bond donors (Lipinski definition) is 2. The van der Waals surface area contributed by atoms with Gasteiger partial charge in [0, 0.05) is 47.9 Å². The zero-order valence-corrected chi connectivity index (χ0v) is 18.6. The van der Waals surface area contributed by atoms with Crippen molar-refractivity contribution in [2.24, 2.45) is 0 Å². The number of fused-ring (bicyclic) bond motifs is 2. The van der Waals surface area contributed by atoms with E-state index in [0.29, 0.717) is 29.9 Å². The van der Waals surface area contributed by atoms with E-state index in [1.807, 2.05) is 29.3 Å². The van der Waals surface area contributed by atoms with Crippen molar-refractivity contribution in [2.75, 3.05) is 18.8 Å². The van der Waals surface area contributed by atoms with Gasteiger partial charge in [0.1, 0.15) is 30.7 Å². The largest absolute Gasteiger partial charge is 0.382 e. The Labute approximate surface area is 198 Å². The van der Waals surface area contributed by atoms with Gasteiger partial charge in [-0.15, -0.1) is 0 Å². The Morgan fingerprint density at radius 3 is 2.62 bits per heavy atom. The summed E-state index contributed by atoms with van der Waals surface area (Å²) in [5.74, 6) is 1.66. The van der Waals surface area contributed by atoms with Crippen molar-refractivity contribution >= 4 is 41.5 Å². The minimum atomic E-state index is 0.0404. The fourth-order valence-electron chi connectivity index (χ4n) is 4.91. The van der Waals surface area contributed by atoms with Crippen LogP contribution in [0, 0.1) is 0 Å². The number of amides is 1. The number of nitrogens with one attached hydrogen (secondary N) is 1. The lowest BCUT2D eigenvalue weighted by Gasteiger charge is -2.31. The maximum Gasteiger partial charge on any atom is 0.253 e. The third kappa shape index (κ3) is 3.42. The van der Waals surface area contributed by atoms with Crippen LogP contribution >= 0.6 is 0 Å². The van der Waals surface area contributed by atoms with Crippen LogP contribution in [0.15, 0.2) is 67.0 Å². The van der Waals surface area contributed by atoms with Gasteiger partial charge >= 0.3 is 0 Å². The molecule has 166 valence electrons. The molecule has 0 aliphatic carbocycles. The molecule has 0 unspecified atom stereocenters. The van der Waals surface area contributed by atoms with Gasteiger partial charge in [-0.2, -0.15) is 0 Å². The van der Waals surface area contributed by atoms with Gasteiger partial charge in [0.05, 0.1) is 5.69 Å². The maximum atomic E-state index is 12.9. The number of carbonyl (C=O) groups is 1. The molecule has 1 aliphatic rings. The van der Waals surface area contributed by atoms with Crippen LogP contribution in [-0.4, -0.2) is 51.1 Å². The molecule has 0 atom stereocenters. The zero-order chi connectivity index (χ0) is 23.2. The molecule has 0 bridgehead atoms. The number of nitrogens with zero attached hydrogens (tertiary/aromatic N) is 4. The summed E-state index contributed by atoms with van der Waals surface area (Å²) in [7, 11) is 5.76. The normalized spacial score (nSPS) is 14.8. The maximum absolute atomic E-state index is 12.9. The Morgan fingerprint density at radius 1 is 1.09 bits per heavy atom. The second-order valence-electron chi connectivity index (χ2n) is 8.81. The lowest BCUT2D eigenvalue weighted by atomic mass is 9.93. The fraction of sp³-hybridized carbons (Fsp3) is 0.192. The molecule has 0 saturated carbocycles. The summed E-state index contributed by atoms with van der Waals surface area (Å²) in [5, 5.41) is 1.12. The molecule has 1 saturated heterocycles. The molecule has 4 heterocycles. The highest BCUT2D eigenvalue weighted by atomic mass is 16.2. The Morgan fingerprint density at radius 2 is 1.85 bits per heavy atom. The number of imidazole rings is 1. The van der Waals surface area contributed by atoms with E-state index in [2.05, 4.69) is 26.5 Å². The van der Waals surface area contributed by atoms with Crippen LogP contribution in [0.2, 0.25) is 0 Å². The Kier molecular flexibility index (Phi) is 4.87. The van der Waals surface area contributed by atoms with E-state index in [1.165, 1.54) is 0 Å². The quantitative estimate of drug-likeness (QED) is 0.416. The molecule has 1 fully saturated rings. The summed E-state index contributed by atoms with van der Waals surface area (Å²) < 4.78 is 2.06. The Hall–Kier alpha value is -4.07. The zero-order valence-electron chi connectivity index (χ0n) is 18.6. The van der Waals surface area contributed by atoms with Crippen molar-refractivity contribution in [1.29, 1.82) is 0 Å². The van der Waals surface area contributed by atoms with Gasteiger partial charge < -0.3 is 15.6 Å². The summed E-state index contributed by atoms with van der Waals surface area (Å²) in [4.78, 5) is 27.7. The number of nitrogen functional groups attached to an aromatic ring is 1. The Balaban J connectivity index is 1.31. The predicted molar refractivity (Wildman–Crippen MR) is 134 cm³/mol. The highest BCUT2D eigenvalue weighted by molar-refractivity contribution is 6.32. The number of hydrogen-bond acceptors (Lipinski definition) is 4. The molecule has 6 rings (SSSR count). The number of rotatable bonds is 3. The van der Waals surface area contributed by atoms with Crippen molar-refractivity contribution in [3.05, 3.63) is 78.4 Å². The van der Waals surface area contributed by atoms with E-state index in [4.69, 9.17) is 18.6 Å². The van der Waals surface area contributed by atoms with Crippen molar-refractivity contribution < 1.29 is 4.79 Å². The van der Waals surface area contributed by atoms with E-state index >= 15 is 0 Å². The van der Waals surface area contributed by atoms with E-state index in [9.17, 15) is 4.79 Å². The first kappa shape index (κ1) is 20.5. The molecule has 34 heavy (non-hydrogen) atoms. The van der Waals surface area contributed by atoms with Crippen molar-refractivity contribution in [3.63, 3.8) is 0 Å². The van der Waals surface area contributed by atoms with Crippen LogP contribution in [0.5, 0.6) is 0 Å². The van der Waals surface area contributed by atoms with Gasteiger partial charge in [-0.25, -0.2) is 9.97 Å². The van der Waals surface area contributed by atoms with E-state index in [-0.39, 0.29) is 11.8 Å². The van der Waals surface area contributed by atoms with Crippen molar-refractivity contribution in [1.82, 2.24) is 24.3 Å². The average molecular weight is 446 g/mol. The third-order valence-corrected chi connectivity index (χ3v) is 6.70. The number of benzene rings is 2. The number of piperidine rings is 1. The van der Waals surface area contributed by atoms with E-state index < -0.39 is 0 Å². The number of anilines is 1. The van der Waals surface area contributed by atoms with Crippen LogP contribution in [0.3, 0.4) is 0 Å². The van der Waals surface area contributed by atoms with Gasteiger partial charge in [0.25, 0.3) is 5.91 Å². The molecule has 2 aromatic carbocycles. The SMILES string of the molecule is [B]c1ccc(C(=O)N2CCC(c3nc(-c4cc5ccccc5[nH]4)c4c(N)nccn34)CC2)cc1. The molecule has 0 spiro atoms. The van der Waals surface area contributed by atoms with Crippen LogP contribution in [0.25, 0.3) is 27.8 Å². The second kappa shape index (κ2) is 8.06. The van der Waals surface area contributed by atoms with E-state index in [0.717, 1.165) is 46.5 Å². The lowest BCUT2D eigenvalue weighted by molar-refractivity contribution is 0.0711. The number of likely N-dealkylation sites (tertiary alicyclic amines) is 1. The van der Waals surface area contributed by atoms with Gasteiger partial charge in [0.15, 0.2) is 0 Å². The highest BCUT2D eigenvalue weighted by Gasteiger charge is 2.29. The first-order valence-electron chi connectivity index (χ1n) is 11.4. The molecule has 5 aromatic rings. The van der Waals surface area contributed by atoms with Gasteiger partial charge in [-0.05, 0) is 25.0 Å². The average Bonchev–Trinajstić information content (AvgIpc) is 3.47. The first-order valence-corrected chi connectivity index (χ1v) is 11.4. The number of carbonyl (C=O) groups excluding carboxylic acids is 1. The molecule has 3 aromatic heterocycles. The summed E-state index contributed by atoms with van der Waals surface area (Å²) >= 11 is 0. The minimum absolute atomic E-state index is 0.0404.